The zero-order valence-electron chi connectivity index (χ0n) is 11.7. The highest BCUT2D eigenvalue weighted by atomic mass is 35.5. The molecule has 0 saturated heterocycles. The summed E-state index contributed by atoms with van der Waals surface area (Å²) in [6.07, 6.45) is 0. The van der Waals surface area contributed by atoms with Gasteiger partial charge in [0.15, 0.2) is 11.5 Å². The summed E-state index contributed by atoms with van der Waals surface area (Å²) in [6.45, 7) is 6.13. The Hall–Kier alpha value is -0.970. The van der Waals surface area contributed by atoms with Gasteiger partial charge in [-0.1, -0.05) is 25.4 Å². The van der Waals surface area contributed by atoms with Crippen molar-refractivity contribution in [2.24, 2.45) is 5.92 Å². The number of hydrogen-bond acceptors (Lipinski definition) is 4. The van der Waals surface area contributed by atoms with Crippen molar-refractivity contribution in [1.82, 2.24) is 5.32 Å². The molecule has 0 heterocycles. The molecule has 0 fully saturated rings. The molecule has 1 rings (SSSR count). The van der Waals surface area contributed by atoms with Crippen LogP contribution in [-0.2, 0) is 6.54 Å². The highest BCUT2D eigenvalue weighted by molar-refractivity contribution is 6.32. The van der Waals surface area contributed by atoms with Crippen molar-refractivity contribution in [3.8, 4) is 11.5 Å². The normalized spacial score (nSPS) is 10.8. The van der Waals surface area contributed by atoms with Gasteiger partial charge in [0.2, 0.25) is 0 Å². The summed E-state index contributed by atoms with van der Waals surface area (Å²) in [5.74, 6) is 1.66. The Labute approximate surface area is 119 Å². The van der Waals surface area contributed by atoms with E-state index in [4.69, 9.17) is 26.2 Å². The first-order valence-electron chi connectivity index (χ1n) is 6.39. The summed E-state index contributed by atoms with van der Waals surface area (Å²) in [4.78, 5) is 0. The fourth-order valence-corrected chi connectivity index (χ4v) is 1.96. The van der Waals surface area contributed by atoms with Crippen LogP contribution in [0.2, 0.25) is 5.02 Å². The molecule has 0 saturated carbocycles. The quantitative estimate of drug-likeness (QED) is 0.771. The lowest BCUT2D eigenvalue weighted by molar-refractivity contribution is 0.196. The fraction of sp³-hybridized carbons (Fsp3) is 0.571. The standard InChI is InChI=1S/C14H22ClNO3/c1-10(2)8-16-9-11-6-12(15)14(19-5-4-17)13(7-11)18-3/h6-7,10,16-17H,4-5,8-9H2,1-3H3. The monoisotopic (exact) mass is 287 g/mol. The van der Waals surface area contributed by atoms with Crippen LogP contribution in [0.25, 0.3) is 0 Å². The number of methoxy groups -OCH3 is 1. The van der Waals surface area contributed by atoms with E-state index in [-0.39, 0.29) is 13.2 Å². The summed E-state index contributed by atoms with van der Waals surface area (Å²) < 4.78 is 10.7. The second-order valence-corrected chi connectivity index (χ2v) is 5.11. The van der Waals surface area contributed by atoms with Crippen molar-refractivity contribution in [2.75, 3.05) is 26.9 Å². The molecule has 0 unspecified atom stereocenters. The van der Waals surface area contributed by atoms with E-state index in [1.807, 2.05) is 12.1 Å². The van der Waals surface area contributed by atoms with E-state index >= 15 is 0 Å². The Morgan fingerprint density at radius 3 is 2.68 bits per heavy atom. The predicted octanol–water partition coefficient (Wildman–Crippen LogP) is 2.47. The number of ether oxygens (including phenoxy) is 2. The lowest BCUT2D eigenvalue weighted by atomic mass is 10.1. The zero-order valence-corrected chi connectivity index (χ0v) is 12.5. The first kappa shape index (κ1) is 16.1. The van der Waals surface area contributed by atoms with Crippen LogP contribution in [0.3, 0.4) is 0 Å². The van der Waals surface area contributed by atoms with Crippen molar-refractivity contribution >= 4 is 11.6 Å². The van der Waals surface area contributed by atoms with Gasteiger partial charge in [0, 0.05) is 6.54 Å². The second-order valence-electron chi connectivity index (χ2n) is 4.71. The minimum Gasteiger partial charge on any atom is -0.493 e. The Morgan fingerprint density at radius 1 is 1.37 bits per heavy atom. The van der Waals surface area contributed by atoms with Gasteiger partial charge in [0.05, 0.1) is 18.7 Å². The van der Waals surface area contributed by atoms with E-state index in [1.54, 1.807) is 7.11 Å². The van der Waals surface area contributed by atoms with Crippen LogP contribution in [0, 0.1) is 5.92 Å². The van der Waals surface area contributed by atoms with Crippen LogP contribution >= 0.6 is 11.6 Å². The van der Waals surface area contributed by atoms with E-state index in [1.165, 1.54) is 0 Å². The van der Waals surface area contributed by atoms with Crippen LogP contribution in [0.4, 0.5) is 0 Å². The van der Waals surface area contributed by atoms with Gasteiger partial charge in [-0.15, -0.1) is 0 Å². The smallest absolute Gasteiger partial charge is 0.179 e. The molecule has 1 aromatic rings. The van der Waals surface area contributed by atoms with Crippen LogP contribution in [0.1, 0.15) is 19.4 Å². The van der Waals surface area contributed by atoms with Gasteiger partial charge in [-0.05, 0) is 30.2 Å². The Kier molecular flexibility index (Phi) is 6.99. The number of halogens is 1. The lowest BCUT2D eigenvalue weighted by Gasteiger charge is -2.14. The average molecular weight is 288 g/mol. The van der Waals surface area contributed by atoms with Crippen molar-refractivity contribution in [3.63, 3.8) is 0 Å². The fourth-order valence-electron chi connectivity index (χ4n) is 1.67. The number of benzene rings is 1. The van der Waals surface area contributed by atoms with Crippen LogP contribution in [0.15, 0.2) is 12.1 Å². The molecular formula is C14H22ClNO3. The molecule has 5 heteroatoms. The number of aliphatic hydroxyl groups is 1. The molecule has 0 aliphatic carbocycles. The molecule has 0 aromatic heterocycles. The van der Waals surface area contributed by atoms with Crippen molar-refractivity contribution in [3.05, 3.63) is 22.7 Å². The molecule has 108 valence electrons. The molecule has 0 radical (unpaired) electrons. The third-order valence-electron chi connectivity index (χ3n) is 2.51. The largest absolute Gasteiger partial charge is 0.493 e. The Balaban J connectivity index is 2.77. The average Bonchev–Trinajstić information content (AvgIpc) is 2.36. The maximum atomic E-state index is 8.79. The summed E-state index contributed by atoms with van der Waals surface area (Å²) in [5.41, 5.74) is 1.04. The first-order chi connectivity index (χ1) is 9.08. The minimum absolute atomic E-state index is 0.0584. The van der Waals surface area contributed by atoms with E-state index in [2.05, 4.69) is 19.2 Å². The van der Waals surface area contributed by atoms with Gasteiger partial charge < -0.3 is 19.9 Å². The summed E-state index contributed by atoms with van der Waals surface area (Å²) in [6, 6.07) is 3.75. The molecule has 0 amide bonds. The van der Waals surface area contributed by atoms with Gasteiger partial charge in [-0.2, -0.15) is 0 Å². The Morgan fingerprint density at radius 2 is 2.11 bits per heavy atom. The van der Waals surface area contributed by atoms with Gasteiger partial charge in [0.25, 0.3) is 0 Å². The van der Waals surface area contributed by atoms with Crippen LogP contribution < -0.4 is 14.8 Å². The maximum absolute atomic E-state index is 8.79. The first-order valence-corrected chi connectivity index (χ1v) is 6.77. The third kappa shape index (κ3) is 5.27. The molecule has 2 N–H and O–H groups in total. The molecule has 0 aliphatic heterocycles. The van der Waals surface area contributed by atoms with Gasteiger partial charge in [-0.3, -0.25) is 0 Å². The molecule has 0 aliphatic rings. The summed E-state index contributed by atoms with van der Waals surface area (Å²) in [7, 11) is 1.57. The summed E-state index contributed by atoms with van der Waals surface area (Å²) >= 11 is 6.18. The molecular weight excluding hydrogens is 266 g/mol. The highest BCUT2D eigenvalue weighted by Gasteiger charge is 2.11. The highest BCUT2D eigenvalue weighted by Crippen LogP contribution is 2.36. The lowest BCUT2D eigenvalue weighted by Crippen LogP contribution is -2.19. The van der Waals surface area contributed by atoms with Gasteiger partial charge >= 0.3 is 0 Å². The van der Waals surface area contributed by atoms with E-state index in [9.17, 15) is 0 Å². The zero-order chi connectivity index (χ0) is 14.3. The molecule has 0 spiro atoms. The van der Waals surface area contributed by atoms with Crippen LogP contribution in [-0.4, -0.2) is 32.0 Å². The number of aliphatic hydroxyl groups excluding tert-OH is 1. The van der Waals surface area contributed by atoms with Crippen LogP contribution in [0.5, 0.6) is 11.5 Å². The molecule has 4 nitrogen and oxygen atoms in total. The molecule has 19 heavy (non-hydrogen) atoms. The summed E-state index contributed by atoms with van der Waals surface area (Å²) in [5, 5.41) is 12.6. The predicted molar refractivity (Wildman–Crippen MR) is 77.1 cm³/mol. The van der Waals surface area contributed by atoms with Gasteiger partial charge in [0.1, 0.15) is 6.61 Å². The van der Waals surface area contributed by atoms with Crippen molar-refractivity contribution in [2.45, 2.75) is 20.4 Å². The topological polar surface area (TPSA) is 50.7 Å². The minimum atomic E-state index is -0.0584. The molecule has 0 bridgehead atoms. The SMILES string of the molecule is COc1cc(CNCC(C)C)cc(Cl)c1OCCO. The maximum Gasteiger partial charge on any atom is 0.179 e. The van der Waals surface area contributed by atoms with E-state index < -0.39 is 0 Å². The Bertz CT molecular complexity index is 397. The molecule has 1 aromatic carbocycles. The molecule has 0 atom stereocenters. The number of hydrogen-bond donors (Lipinski definition) is 2. The van der Waals surface area contributed by atoms with Crippen molar-refractivity contribution < 1.29 is 14.6 Å². The van der Waals surface area contributed by atoms with E-state index in [0.717, 1.165) is 18.7 Å². The second kappa shape index (κ2) is 8.25. The number of nitrogens with one attached hydrogen (secondary N) is 1. The third-order valence-corrected chi connectivity index (χ3v) is 2.79. The van der Waals surface area contributed by atoms with E-state index in [0.29, 0.717) is 22.4 Å². The van der Waals surface area contributed by atoms with Crippen molar-refractivity contribution in [1.29, 1.82) is 0 Å². The number of rotatable bonds is 8. The van der Waals surface area contributed by atoms with Gasteiger partial charge in [-0.25, -0.2) is 0 Å².